The number of hydrogen-bond donors (Lipinski definition) is 2. The van der Waals surface area contributed by atoms with Gasteiger partial charge in [-0.25, -0.2) is 0 Å². The fourth-order valence-corrected chi connectivity index (χ4v) is 3.43. The summed E-state index contributed by atoms with van der Waals surface area (Å²) >= 11 is 1.58. The summed E-state index contributed by atoms with van der Waals surface area (Å²) in [4.78, 5) is 0. The van der Waals surface area contributed by atoms with Crippen molar-refractivity contribution in [2.75, 3.05) is 0 Å². The van der Waals surface area contributed by atoms with Crippen LogP contribution in [-0.2, 0) is 0 Å². The Morgan fingerprint density at radius 3 is 2.39 bits per heavy atom. The molecule has 3 N–H and O–H groups in total. The molecule has 0 saturated heterocycles. The summed E-state index contributed by atoms with van der Waals surface area (Å²) in [6.07, 6.45) is -2.45. The predicted octanol–water partition coefficient (Wildman–Crippen LogP) is 3.62. The maximum Gasteiger partial charge on any atom is 0.391 e. The summed E-state index contributed by atoms with van der Waals surface area (Å²) in [7, 11) is 0. The molecule has 6 heteroatoms. The molecule has 1 fully saturated rings. The standard InChI is InChI=1S/C12H17F3N2S/c13-12(14,15)10-3-1-8(2-4-10)11(17-16)9-5-6-18-7-9/h5-8,10-11,17H,1-4,16H2. The molecule has 0 aliphatic heterocycles. The van der Waals surface area contributed by atoms with Crippen molar-refractivity contribution < 1.29 is 13.2 Å². The van der Waals surface area contributed by atoms with E-state index in [4.69, 9.17) is 5.84 Å². The molecule has 0 aromatic carbocycles. The van der Waals surface area contributed by atoms with Crippen molar-refractivity contribution >= 4 is 11.3 Å². The van der Waals surface area contributed by atoms with Gasteiger partial charge in [0.15, 0.2) is 0 Å². The monoisotopic (exact) mass is 278 g/mol. The van der Waals surface area contributed by atoms with Gasteiger partial charge in [-0.3, -0.25) is 11.3 Å². The van der Waals surface area contributed by atoms with Crippen molar-refractivity contribution in [1.29, 1.82) is 0 Å². The largest absolute Gasteiger partial charge is 0.391 e. The molecule has 1 heterocycles. The fraction of sp³-hybridized carbons (Fsp3) is 0.667. The number of hydrazine groups is 1. The summed E-state index contributed by atoms with van der Waals surface area (Å²) in [6.45, 7) is 0. The second-order valence-corrected chi connectivity index (χ2v) is 5.63. The Morgan fingerprint density at radius 1 is 1.28 bits per heavy atom. The zero-order valence-electron chi connectivity index (χ0n) is 9.91. The summed E-state index contributed by atoms with van der Waals surface area (Å²) in [6, 6.07) is 1.95. The van der Waals surface area contributed by atoms with Gasteiger partial charge in [-0.1, -0.05) is 0 Å². The maximum atomic E-state index is 12.6. The number of rotatable bonds is 3. The van der Waals surface area contributed by atoms with Gasteiger partial charge in [-0.15, -0.1) is 0 Å². The van der Waals surface area contributed by atoms with Gasteiger partial charge in [0.25, 0.3) is 0 Å². The SMILES string of the molecule is NNC(c1ccsc1)C1CCC(C(F)(F)F)CC1. The topological polar surface area (TPSA) is 38.0 Å². The first-order valence-corrected chi connectivity index (χ1v) is 7.01. The van der Waals surface area contributed by atoms with Gasteiger partial charge < -0.3 is 0 Å². The quantitative estimate of drug-likeness (QED) is 0.654. The Kier molecular flexibility index (Phi) is 4.29. The third-order valence-electron chi connectivity index (χ3n) is 3.79. The number of hydrogen-bond acceptors (Lipinski definition) is 3. The van der Waals surface area contributed by atoms with Crippen molar-refractivity contribution in [2.24, 2.45) is 17.7 Å². The van der Waals surface area contributed by atoms with Crippen LogP contribution in [0.4, 0.5) is 13.2 Å². The molecule has 1 atom stereocenters. The molecule has 102 valence electrons. The highest BCUT2D eigenvalue weighted by Crippen LogP contribution is 2.43. The second kappa shape index (κ2) is 5.59. The molecule has 1 unspecified atom stereocenters. The van der Waals surface area contributed by atoms with Gasteiger partial charge in [0.2, 0.25) is 0 Å². The minimum atomic E-state index is -4.04. The third-order valence-corrected chi connectivity index (χ3v) is 4.49. The zero-order valence-corrected chi connectivity index (χ0v) is 10.7. The maximum absolute atomic E-state index is 12.6. The molecule has 18 heavy (non-hydrogen) atoms. The predicted molar refractivity (Wildman–Crippen MR) is 65.9 cm³/mol. The van der Waals surface area contributed by atoms with Crippen LogP contribution in [0.25, 0.3) is 0 Å². The Balaban J connectivity index is 1.96. The van der Waals surface area contributed by atoms with Crippen LogP contribution in [-0.4, -0.2) is 6.18 Å². The van der Waals surface area contributed by atoms with Crippen LogP contribution in [0.2, 0.25) is 0 Å². The second-order valence-electron chi connectivity index (χ2n) is 4.85. The average Bonchev–Trinajstić information content (AvgIpc) is 2.83. The van der Waals surface area contributed by atoms with Crippen LogP contribution in [0.1, 0.15) is 37.3 Å². The van der Waals surface area contributed by atoms with E-state index in [1.807, 2.05) is 16.8 Å². The van der Waals surface area contributed by atoms with Crippen LogP contribution >= 0.6 is 11.3 Å². The molecule has 0 spiro atoms. The lowest BCUT2D eigenvalue weighted by atomic mass is 9.77. The molecule has 1 aromatic rings. The number of nitrogens with two attached hydrogens (primary N) is 1. The molecular weight excluding hydrogens is 261 g/mol. The van der Waals surface area contributed by atoms with Gasteiger partial charge in [-0.2, -0.15) is 24.5 Å². The lowest BCUT2D eigenvalue weighted by Crippen LogP contribution is -2.37. The lowest BCUT2D eigenvalue weighted by Gasteiger charge is -2.34. The van der Waals surface area contributed by atoms with Crippen molar-refractivity contribution in [3.05, 3.63) is 22.4 Å². The highest BCUT2D eigenvalue weighted by Gasteiger charge is 2.42. The highest BCUT2D eigenvalue weighted by atomic mass is 32.1. The zero-order chi connectivity index (χ0) is 13.2. The van der Waals surface area contributed by atoms with Crippen molar-refractivity contribution in [2.45, 2.75) is 37.9 Å². The first-order chi connectivity index (χ1) is 8.52. The number of halogens is 3. The normalized spacial score (nSPS) is 27.1. The van der Waals surface area contributed by atoms with Crippen LogP contribution in [0.3, 0.4) is 0 Å². The first kappa shape index (κ1) is 13.8. The Labute approximate surface area is 108 Å². The van der Waals surface area contributed by atoms with E-state index in [1.54, 1.807) is 11.3 Å². The molecule has 0 bridgehead atoms. The van der Waals surface area contributed by atoms with E-state index >= 15 is 0 Å². The molecule has 1 aliphatic carbocycles. The van der Waals surface area contributed by atoms with Gasteiger partial charge in [0.1, 0.15) is 0 Å². The number of nitrogens with one attached hydrogen (secondary N) is 1. The van der Waals surface area contributed by atoms with Crippen LogP contribution < -0.4 is 11.3 Å². The molecule has 0 amide bonds. The minimum absolute atomic E-state index is 0.0227. The summed E-state index contributed by atoms with van der Waals surface area (Å²) in [5.74, 6) is 4.62. The van der Waals surface area contributed by atoms with Crippen LogP contribution in [0.5, 0.6) is 0 Å². The van der Waals surface area contributed by atoms with Crippen molar-refractivity contribution in [1.82, 2.24) is 5.43 Å². The van der Waals surface area contributed by atoms with Crippen LogP contribution in [0, 0.1) is 11.8 Å². The molecule has 2 rings (SSSR count). The van der Waals surface area contributed by atoms with E-state index in [0.29, 0.717) is 12.8 Å². The smallest absolute Gasteiger partial charge is 0.271 e. The Bertz CT molecular complexity index is 356. The first-order valence-electron chi connectivity index (χ1n) is 6.07. The molecule has 1 aromatic heterocycles. The highest BCUT2D eigenvalue weighted by molar-refractivity contribution is 7.07. The summed E-state index contributed by atoms with van der Waals surface area (Å²) in [5.41, 5.74) is 3.83. The van der Waals surface area contributed by atoms with Crippen molar-refractivity contribution in [3.63, 3.8) is 0 Å². The Morgan fingerprint density at radius 2 is 1.94 bits per heavy atom. The number of thiophene rings is 1. The molecule has 1 saturated carbocycles. The number of alkyl halides is 3. The molecule has 1 aliphatic rings. The van der Waals surface area contributed by atoms with E-state index in [2.05, 4.69) is 5.43 Å². The van der Waals surface area contributed by atoms with Gasteiger partial charge in [-0.05, 0) is 54.0 Å². The summed E-state index contributed by atoms with van der Waals surface area (Å²) < 4.78 is 37.8. The van der Waals surface area contributed by atoms with E-state index in [9.17, 15) is 13.2 Å². The van der Waals surface area contributed by atoms with E-state index in [1.165, 1.54) is 0 Å². The molecule has 2 nitrogen and oxygen atoms in total. The van der Waals surface area contributed by atoms with Crippen LogP contribution in [0.15, 0.2) is 16.8 Å². The van der Waals surface area contributed by atoms with Gasteiger partial charge >= 0.3 is 6.18 Å². The average molecular weight is 278 g/mol. The lowest BCUT2D eigenvalue weighted by molar-refractivity contribution is -0.184. The third kappa shape index (κ3) is 3.05. The fourth-order valence-electron chi connectivity index (χ4n) is 2.74. The molecule has 0 radical (unpaired) electrons. The van der Waals surface area contributed by atoms with E-state index in [0.717, 1.165) is 5.56 Å². The summed E-state index contributed by atoms with van der Waals surface area (Å²) in [5, 5.41) is 3.96. The Hall–Kier alpha value is -0.590. The van der Waals surface area contributed by atoms with Gasteiger partial charge in [0, 0.05) is 6.04 Å². The van der Waals surface area contributed by atoms with Gasteiger partial charge in [0.05, 0.1) is 5.92 Å². The van der Waals surface area contributed by atoms with E-state index in [-0.39, 0.29) is 24.8 Å². The minimum Gasteiger partial charge on any atom is -0.271 e. The van der Waals surface area contributed by atoms with Crippen molar-refractivity contribution in [3.8, 4) is 0 Å². The molecular formula is C12H17F3N2S. The van der Waals surface area contributed by atoms with E-state index < -0.39 is 12.1 Å².